The first-order chi connectivity index (χ1) is 11.6. The summed E-state index contributed by atoms with van der Waals surface area (Å²) in [4.78, 5) is 10.8. The minimum atomic E-state index is -3.26. The molecule has 1 aliphatic rings. The molecule has 26 heavy (non-hydrogen) atoms. The van der Waals surface area contributed by atoms with Gasteiger partial charge in [0.25, 0.3) is 0 Å². The largest absolute Gasteiger partial charge is 0.354 e. The molecule has 2 heterocycles. The molecule has 1 aromatic heterocycles. The van der Waals surface area contributed by atoms with Crippen LogP contribution in [0.5, 0.6) is 0 Å². The van der Waals surface area contributed by atoms with Gasteiger partial charge in [0.2, 0.25) is 10.0 Å². The van der Waals surface area contributed by atoms with Gasteiger partial charge in [-0.1, -0.05) is 6.92 Å². The highest BCUT2D eigenvalue weighted by Crippen LogP contribution is 2.27. The van der Waals surface area contributed by atoms with Crippen molar-refractivity contribution in [3.63, 3.8) is 0 Å². The molecule has 2 atom stereocenters. The first-order valence-electron chi connectivity index (χ1n) is 8.53. The van der Waals surface area contributed by atoms with Crippen molar-refractivity contribution in [3.8, 4) is 0 Å². The summed E-state index contributed by atoms with van der Waals surface area (Å²) in [5.41, 5.74) is -0.601. The van der Waals surface area contributed by atoms with E-state index in [0.29, 0.717) is 18.5 Å². The summed E-state index contributed by atoms with van der Waals surface area (Å²) >= 11 is 0. The van der Waals surface area contributed by atoms with Crippen molar-refractivity contribution in [3.05, 3.63) is 18.7 Å². The maximum Gasteiger partial charge on any atom is 0.209 e. The van der Waals surface area contributed by atoms with Crippen LogP contribution in [0.3, 0.4) is 0 Å². The number of sulfonamides is 1. The van der Waals surface area contributed by atoms with Crippen molar-refractivity contribution in [2.24, 2.45) is 10.9 Å². The van der Waals surface area contributed by atoms with Crippen LogP contribution in [-0.4, -0.2) is 67.3 Å². The van der Waals surface area contributed by atoms with Gasteiger partial charge in [0.15, 0.2) is 5.96 Å². The number of nitrogens with one attached hydrogen (secondary N) is 2. The summed E-state index contributed by atoms with van der Waals surface area (Å²) in [7, 11) is -1.51. The normalized spacial score (nSPS) is 22.0. The lowest BCUT2D eigenvalue weighted by Crippen LogP contribution is -2.55. The fourth-order valence-corrected chi connectivity index (χ4v) is 4.34. The molecule has 2 unspecified atom stereocenters. The van der Waals surface area contributed by atoms with E-state index in [0.717, 1.165) is 25.5 Å². The Bertz CT molecular complexity index is 690. The quantitative estimate of drug-likeness (QED) is 0.363. The van der Waals surface area contributed by atoms with E-state index in [1.54, 1.807) is 13.2 Å². The fourth-order valence-electron chi connectivity index (χ4n) is 3.27. The number of hydrogen-bond acceptors (Lipinski definition) is 4. The Morgan fingerprint density at radius 3 is 2.65 bits per heavy atom. The van der Waals surface area contributed by atoms with E-state index in [-0.39, 0.29) is 24.0 Å². The number of piperidine rings is 1. The van der Waals surface area contributed by atoms with Gasteiger partial charge in [0, 0.05) is 44.6 Å². The number of aromatic nitrogens is 2. The van der Waals surface area contributed by atoms with Gasteiger partial charge in [0.05, 0.1) is 18.6 Å². The van der Waals surface area contributed by atoms with Gasteiger partial charge < -0.3 is 14.8 Å². The van der Waals surface area contributed by atoms with Crippen LogP contribution in [-0.2, 0) is 10.0 Å². The maximum atomic E-state index is 11.5. The van der Waals surface area contributed by atoms with Crippen LogP contribution in [0.25, 0.3) is 0 Å². The zero-order chi connectivity index (χ0) is 18.7. The lowest BCUT2D eigenvalue weighted by molar-refractivity contribution is 0.188. The highest BCUT2D eigenvalue weighted by Gasteiger charge is 2.30. The first kappa shape index (κ1) is 23.2. The monoisotopic (exact) mass is 498 g/mol. The second kappa shape index (κ2) is 9.36. The van der Waals surface area contributed by atoms with Crippen molar-refractivity contribution < 1.29 is 8.42 Å². The molecule has 0 spiro atoms. The van der Waals surface area contributed by atoms with Crippen LogP contribution in [0, 0.1) is 5.92 Å². The molecule has 0 amide bonds. The van der Waals surface area contributed by atoms with E-state index in [2.05, 4.69) is 36.4 Å². The van der Waals surface area contributed by atoms with Crippen LogP contribution >= 0.6 is 24.0 Å². The zero-order valence-corrected chi connectivity index (χ0v) is 19.3. The fraction of sp³-hybridized carbons (Fsp3) is 0.750. The second-order valence-electron chi connectivity index (χ2n) is 7.45. The number of rotatable bonds is 5. The summed E-state index contributed by atoms with van der Waals surface area (Å²) in [5.74, 6) is 1.35. The predicted octanol–water partition coefficient (Wildman–Crippen LogP) is 1.29. The third-order valence-corrected chi connectivity index (χ3v) is 5.41. The number of likely N-dealkylation sites (tertiary alicyclic amines) is 1. The molecule has 0 radical (unpaired) electrons. The Morgan fingerprint density at radius 2 is 2.12 bits per heavy atom. The summed E-state index contributed by atoms with van der Waals surface area (Å²) < 4.78 is 27.8. The smallest absolute Gasteiger partial charge is 0.209 e. The second-order valence-corrected chi connectivity index (χ2v) is 9.20. The highest BCUT2D eigenvalue weighted by atomic mass is 127. The maximum absolute atomic E-state index is 11.5. The van der Waals surface area contributed by atoms with Crippen molar-refractivity contribution >= 4 is 40.0 Å². The molecule has 150 valence electrons. The van der Waals surface area contributed by atoms with Crippen LogP contribution < -0.4 is 10.0 Å². The minimum Gasteiger partial charge on any atom is -0.354 e. The summed E-state index contributed by atoms with van der Waals surface area (Å²) in [6.45, 7) is 8.18. The van der Waals surface area contributed by atoms with Gasteiger partial charge in [-0.3, -0.25) is 4.99 Å². The molecule has 8 nitrogen and oxygen atoms in total. The Hall–Kier alpha value is -0.880. The Morgan fingerprint density at radius 1 is 1.42 bits per heavy atom. The van der Waals surface area contributed by atoms with Crippen LogP contribution in [0.2, 0.25) is 0 Å². The number of halogens is 1. The molecular weight excluding hydrogens is 467 g/mol. The van der Waals surface area contributed by atoms with Crippen molar-refractivity contribution in [1.29, 1.82) is 0 Å². The molecular formula is C16H31IN6O2S. The van der Waals surface area contributed by atoms with E-state index in [1.807, 2.05) is 26.4 Å². The third kappa shape index (κ3) is 6.69. The number of imidazole rings is 1. The molecule has 1 fully saturated rings. The SMILES string of the molecule is CN=C(NCC(C)(C)NS(C)(=O)=O)N1CCC(C)C(n2ccnc2)C1.I. The van der Waals surface area contributed by atoms with Gasteiger partial charge in [-0.15, -0.1) is 24.0 Å². The zero-order valence-electron chi connectivity index (χ0n) is 16.1. The van der Waals surface area contributed by atoms with Gasteiger partial charge in [-0.05, 0) is 26.2 Å². The van der Waals surface area contributed by atoms with Gasteiger partial charge in [0.1, 0.15) is 0 Å². The number of aliphatic imine (C=N–C) groups is 1. The number of hydrogen-bond donors (Lipinski definition) is 2. The van der Waals surface area contributed by atoms with E-state index in [4.69, 9.17) is 0 Å². The lowest BCUT2D eigenvalue weighted by atomic mass is 9.93. The molecule has 2 rings (SSSR count). The number of nitrogens with zero attached hydrogens (tertiary/aromatic N) is 4. The average molecular weight is 498 g/mol. The molecule has 0 aromatic carbocycles. The molecule has 1 saturated heterocycles. The molecule has 2 N–H and O–H groups in total. The van der Waals surface area contributed by atoms with Crippen molar-refractivity contribution in [1.82, 2.24) is 24.5 Å². The average Bonchev–Trinajstić information content (AvgIpc) is 3.00. The Labute approximate surface area is 173 Å². The molecule has 10 heteroatoms. The number of guanidine groups is 1. The standard InChI is InChI=1S/C16H30N6O2S.HI/c1-13-6-8-21(10-14(13)22-9-7-18-12-22)15(17-4)19-11-16(2,3)20-25(5,23)24;/h7,9,12-14,20H,6,8,10-11H2,1-5H3,(H,17,19);1H. The van der Waals surface area contributed by atoms with Gasteiger partial charge in [-0.25, -0.2) is 18.1 Å². The van der Waals surface area contributed by atoms with Crippen molar-refractivity contribution in [2.45, 2.75) is 38.8 Å². The molecule has 1 aliphatic heterocycles. The van der Waals surface area contributed by atoms with Crippen LogP contribution in [0.15, 0.2) is 23.7 Å². The summed E-state index contributed by atoms with van der Waals surface area (Å²) in [6.07, 6.45) is 7.90. The highest BCUT2D eigenvalue weighted by molar-refractivity contribution is 14.0. The van der Waals surface area contributed by atoms with Crippen LogP contribution in [0.4, 0.5) is 0 Å². The predicted molar refractivity (Wildman–Crippen MR) is 115 cm³/mol. The van der Waals surface area contributed by atoms with E-state index in [1.165, 1.54) is 6.26 Å². The topological polar surface area (TPSA) is 91.6 Å². The van der Waals surface area contributed by atoms with E-state index < -0.39 is 15.6 Å². The minimum absolute atomic E-state index is 0. The Kier molecular flexibility index (Phi) is 8.33. The molecule has 1 aromatic rings. The van der Waals surface area contributed by atoms with E-state index >= 15 is 0 Å². The van der Waals surface area contributed by atoms with Crippen molar-refractivity contribution in [2.75, 3.05) is 32.9 Å². The first-order valence-corrected chi connectivity index (χ1v) is 10.4. The van der Waals surface area contributed by atoms with E-state index in [9.17, 15) is 8.42 Å². The van der Waals surface area contributed by atoms with Gasteiger partial charge >= 0.3 is 0 Å². The van der Waals surface area contributed by atoms with Crippen LogP contribution in [0.1, 0.15) is 33.2 Å². The molecule has 0 saturated carbocycles. The third-order valence-electron chi connectivity index (χ3n) is 4.49. The summed E-state index contributed by atoms with van der Waals surface area (Å²) in [6, 6.07) is 0.344. The Balaban J connectivity index is 0.00000338. The van der Waals surface area contributed by atoms with Gasteiger partial charge in [-0.2, -0.15) is 0 Å². The summed E-state index contributed by atoms with van der Waals surface area (Å²) in [5, 5.41) is 3.31. The lowest BCUT2D eigenvalue weighted by Gasteiger charge is -2.40. The molecule has 0 bridgehead atoms. The molecule has 0 aliphatic carbocycles.